The smallest absolute Gasteiger partial charge is 0.342 e. The van der Waals surface area contributed by atoms with E-state index in [1.54, 1.807) is 0 Å². The van der Waals surface area contributed by atoms with Crippen LogP contribution in [0.25, 0.3) is 0 Å². The summed E-state index contributed by atoms with van der Waals surface area (Å²) in [7, 11) is 0. The maximum absolute atomic E-state index is 11.8. The van der Waals surface area contributed by atoms with E-state index in [0.717, 1.165) is 0 Å². The molecule has 0 radical (unpaired) electrons. The molecule has 2 N–H and O–H groups in total. The summed E-state index contributed by atoms with van der Waals surface area (Å²) in [6.45, 7) is 5.85. The molecule has 1 unspecified atom stereocenters. The average molecular weight is 238 g/mol. The summed E-state index contributed by atoms with van der Waals surface area (Å²) >= 11 is 0. The topological polar surface area (TPSA) is 66.8 Å². The van der Waals surface area contributed by atoms with Crippen LogP contribution in [0, 0.1) is 5.92 Å². The van der Waals surface area contributed by atoms with Gasteiger partial charge < -0.3 is 14.9 Å². The highest BCUT2D eigenvalue weighted by Crippen LogP contribution is 2.24. The van der Waals surface area contributed by atoms with Crippen LogP contribution in [0.5, 0.6) is 11.5 Å². The minimum Gasteiger partial charge on any atom is -0.508 e. The zero-order valence-corrected chi connectivity index (χ0v) is 10.3. The molecule has 0 heterocycles. The van der Waals surface area contributed by atoms with Crippen molar-refractivity contribution < 1.29 is 19.7 Å². The summed E-state index contributed by atoms with van der Waals surface area (Å²) in [5.41, 5.74) is -0.0101. The van der Waals surface area contributed by atoms with Crippen LogP contribution in [0.15, 0.2) is 18.2 Å². The zero-order valence-electron chi connectivity index (χ0n) is 10.3. The van der Waals surface area contributed by atoms with Crippen molar-refractivity contribution in [2.24, 2.45) is 5.92 Å². The Hall–Kier alpha value is -1.71. The first-order valence-electron chi connectivity index (χ1n) is 5.68. The second-order valence-corrected chi connectivity index (χ2v) is 4.30. The van der Waals surface area contributed by atoms with Crippen molar-refractivity contribution in [3.05, 3.63) is 23.8 Å². The van der Waals surface area contributed by atoms with E-state index >= 15 is 0 Å². The molecular formula is C13H18O4. The highest BCUT2D eigenvalue weighted by Gasteiger charge is 2.20. The van der Waals surface area contributed by atoms with Gasteiger partial charge in [0, 0.05) is 0 Å². The van der Waals surface area contributed by atoms with Crippen LogP contribution in [0.2, 0.25) is 0 Å². The predicted molar refractivity (Wildman–Crippen MR) is 64.1 cm³/mol. The van der Waals surface area contributed by atoms with Gasteiger partial charge in [-0.05, 0) is 30.5 Å². The number of phenols is 2. The first-order chi connectivity index (χ1) is 7.95. The van der Waals surface area contributed by atoms with Gasteiger partial charge in [0.25, 0.3) is 0 Å². The second-order valence-electron chi connectivity index (χ2n) is 4.30. The summed E-state index contributed by atoms with van der Waals surface area (Å²) in [5, 5.41) is 18.8. The Balaban J connectivity index is 2.86. The second kappa shape index (κ2) is 5.57. The highest BCUT2D eigenvalue weighted by atomic mass is 16.5. The van der Waals surface area contributed by atoms with Crippen molar-refractivity contribution in [1.29, 1.82) is 0 Å². The van der Waals surface area contributed by atoms with E-state index in [1.165, 1.54) is 18.2 Å². The summed E-state index contributed by atoms with van der Waals surface area (Å²) in [6.07, 6.45) is 0.521. The molecule has 0 fully saturated rings. The monoisotopic (exact) mass is 238 g/mol. The molecule has 1 atom stereocenters. The van der Waals surface area contributed by atoms with Gasteiger partial charge in [0.1, 0.15) is 23.2 Å². The maximum atomic E-state index is 11.8. The van der Waals surface area contributed by atoms with Crippen LogP contribution in [0.3, 0.4) is 0 Å². The number of hydrogen-bond donors (Lipinski definition) is 2. The average Bonchev–Trinajstić information content (AvgIpc) is 2.28. The third kappa shape index (κ3) is 3.37. The quantitative estimate of drug-likeness (QED) is 0.625. The molecule has 4 heteroatoms. The maximum Gasteiger partial charge on any atom is 0.342 e. The number of phenolic OH excluding ortho intramolecular Hbond substituents is 2. The lowest BCUT2D eigenvalue weighted by Gasteiger charge is -2.19. The Kier molecular flexibility index (Phi) is 4.37. The number of rotatable bonds is 4. The molecular weight excluding hydrogens is 220 g/mol. The van der Waals surface area contributed by atoms with Crippen molar-refractivity contribution in [1.82, 2.24) is 0 Å². The van der Waals surface area contributed by atoms with Crippen molar-refractivity contribution in [2.45, 2.75) is 33.3 Å². The van der Waals surface area contributed by atoms with Crippen LogP contribution >= 0.6 is 0 Å². The number of aromatic hydroxyl groups is 2. The van der Waals surface area contributed by atoms with Crippen LogP contribution < -0.4 is 0 Å². The van der Waals surface area contributed by atoms with Crippen LogP contribution in [0.1, 0.15) is 37.6 Å². The van der Waals surface area contributed by atoms with E-state index in [1.807, 2.05) is 20.8 Å². The van der Waals surface area contributed by atoms with Crippen molar-refractivity contribution in [3.63, 3.8) is 0 Å². The molecule has 4 nitrogen and oxygen atoms in total. The molecule has 0 bridgehead atoms. The normalized spacial score (nSPS) is 12.5. The summed E-state index contributed by atoms with van der Waals surface area (Å²) in [4.78, 5) is 11.8. The number of carbonyl (C=O) groups excluding carboxylic acids is 1. The van der Waals surface area contributed by atoms with Gasteiger partial charge in [-0.3, -0.25) is 0 Å². The summed E-state index contributed by atoms with van der Waals surface area (Å²) in [5.74, 6) is -0.666. The fraction of sp³-hybridized carbons (Fsp3) is 0.462. The Bertz CT molecular complexity index is 398. The molecule has 17 heavy (non-hydrogen) atoms. The van der Waals surface area contributed by atoms with Gasteiger partial charge in [-0.1, -0.05) is 20.8 Å². The third-order valence-corrected chi connectivity index (χ3v) is 2.60. The molecule has 0 aliphatic heterocycles. The van der Waals surface area contributed by atoms with E-state index in [4.69, 9.17) is 4.74 Å². The van der Waals surface area contributed by atoms with E-state index in [2.05, 4.69) is 0 Å². The van der Waals surface area contributed by atoms with Gasteiger partial charge in [0.15, 0.2) is 0 Å². The van der Waals surface area contributed by atoms with E-state index in [9.17, 15) is 15.0 Å². The molecule has 0 aliphatic rings. The van der Waals surface area contributed by atoms with Gasteiger partial charge >= 0.3 is 5.97 Å². The highest BCUT2D eigenvalue weighted by molar-refractivity contribution is 5.92. The molecule has 1 aromatic carbocycles. The predicted octanol–water partition coefficient (Wildman–Crippen LogP) is 2.69. The minimum atomic E-state index is -0.612. The number of esters is 1. The summed E-state index contributed by atoms with van der Waals surface area (Å²) < 4.78 is 5.27. The summed E-state index contributed by atoms with van der Waals surface area (Å²) in [6, 6.07) is 3.78. The first kappa shape index (κ1) is 13.4. The van der Waals surface area contributed by atoms with E-state index in [-0.39, 0.29) is 29.1 Å². The lowest BCUT2D eigenvalue weighted by molar-refractivity contribution is 0.0170. The largest absolute Gasteiger partial charge is 0.508 e. The zero-order chi connectivity index (χ0) is 13.0. The standard InChI is InChI=1S/C13H18O4/c1-4-12(8(2)3)17-13(16)10-7-9(14)5-6-11(10)15/h5-8,12,14-15H,4H2,1-3H3. The van der Waals surface area contributed by atoms with Crippen molar-refractivity contribution >= 4 is 5.97 Å². The SMILES string of the molecule is CCC(OC(=O)c1cc(O)ccc1O)C(C)C. The van der Waals surface area contributed by atoms with Gasteiger partial charge in [0.2, 0.25) is 0 Å². The van der Waals surface area contributed by atoms with Gasteiger partial charge in [0.05, 0.1) is 0 Å². The lowest BCUT2D eigenvalue weighted by atomic mass is 10.1. The van der Waals surface area contributed by atoms with Crippen LogP contribution in [-0.4, -0.2) is 22.3 Å². The molecule has 94 valence electrons. The van der Waals surface area contributed by atoms with Crippen LogP contribution in [-0.2, 0) is 4.74 Å². The third-order valence-electron chi connectivity index (χ3n) is 2.60. The molecule has 1 aromatic rings. The van der Waals surface area contributed by atoms with E-state index < -0.39 is 5.97 Å². The van der Waals surface area contributed by atoms with Crippen LogP contribution in [0.4, 0.5) is 0 Å². The Morgan fingerprint density at radius 2 is 2.00 bits per heavy atom. The fourth-order valence-corrected chi connectivity index (χ4v) is 1.58. The van der Waals surface area contributed by atoms with Gasteiger partial charge in [-0.2, -0.15) is 0 Å². The van der Waals surface area contributed by atoms with E-state index in [0.29, 0.717) is 6.42 Å². The molecule has 0 saturated carbocycles. The van der Waals surface area contributed by atoms with Crippen molar-refractivity contribution in [3.8, 4) is 11.5 Å². The number of carbonyl (C=O) groups is 1. The number of hydrogen-bond acceptors (Lipinski definition) is 4. The minimum absolute atomic E-state index is 0.0101. The van der Waals surface area contributed by atoms with Gasteiger partial charge in [-0.25, -0.2) is 4.79 Å². The van der Waals surface area contributed by atoms with Gasteiger partial charge in [-0.15, -0.1) is 0 Å². The Labute approximate surface area is 101 Å². The van der Waals surface area contributed by atoms with Crippen molar-refractivity contribution in [2.75, 3.05) is 0 Å². The molecule has 0 saturated heterocycles. The molecule has 0 amide bonds. The number of benzene rings is 1. The molecule has 0 aliphatic carbocycles. The molecule has 1 rings (SSSR count). The Morgan fingerprint density at radius 3 is 2.53 bits per heavy atom. The number of ether oxygens (including phenoxy) is 1. The fourth-order valence-electron chi connectivity index (χ4n) is 1.58. The lowest BCUT2D eigenvalue weighted by Crippen LogP contribution is -2.22. The molecule has 0 spiro atoms. The Morgan fingerprint density at radius 1 is 1.35 bits per heavy atom. The molecule has 0 aromatic heterocycles. The first-order valence-corrected chi connectivity index (χ1v) is 5.68.